The molecule has 0 heterocycles. The van der Waals surface area contributed by atoms with E-state index in [0.717, 1.165) is 24.3 Å². The number of aromatic carboxylic acids is 2. The highest BCUT2D eigenvalue weighted by Crippen LogP contribution is 2.20. The van der Waals surface area contributed by atoms with Crippen molar-refractivity contribution in [3.05, 3.63) is 65.0 Å². The fourth-order valence-corrected chi connectivity index (χ4v) is 1.80. The summed E-state index contributed by atoms with van der Waals surface area (Å²) in [7, 11) is 0. The minimum atomic E-state index is -1.35. The number of carbonyl (C=O) groups is 3. The zero-order valence-corrected chi connectivity index (χ0v) is 11.0. The average molecular weight is 303 g/mol. The number of hydrogen-bond acceptors (Lipinski definition) is 3. The standard InChI is InChI=1S/C15H10FNO5/c16-11-4-2-1-3-9(11)13(18)17-12-7-8(14(19)20)5-6-10(12)15(21)22/h1-7H,(H,17,18)(H,19,20)(H,21,22). The molecule has 2 aromatic rings. The Bertz CT molecular complexity index is 772. The van der Waals surface area contributed by atoms with E-state index in [1.807, 2.05) is 0 Å². The first-order chi connectivity index (χ1) is 10.4. The summed E-state index contributed by atoms with van der Waals surface area (Å²) in [6.45, 7) is 0. The van der Waals surface area contributed by atoms with Gasteiger partial charge in [-0.25, -0.2) is 14.0 Å². The van der Waals surface area contributed by atoms with Gasteiger partial charge in [0.05, 0.1) is 22.4 Å². The highest BCUT2D eigenvalue weighted by molar-refractivity contribution is 6.08. The van der Waals surface area contributed by atoms with Crippen LogP contribution >= 0.6 is 0 Å². The van der Waals surface area contributed by atoms with Crippen molar-refractivity contribution in [2.24, 2.45) is 0 Å². The topological polar surface area (TPSA) is 104 Å². The van der Waals surface area contributed by atoms with Crippen LogP contribution in [0.4, 0.5) is 10.1 Å². The minimum absolute atomic E-state index is 0.200. The molecule has 0 unspecified atom stereocenters. The van der Waals surface area contributed by atoms with E-state index >= 15 is 0 Å². The van der Waals surface area contributed by atoms with Crippen LogP contribution in [-0.4, -0.2) is 28.1 Å². The molecular formula is C15H10FNO5. The monoisotopic (exact) mass is 303 g/mol. The van der Waals surface area contributed by atoms with Gasteiger partial charge < -0.3 is 15.5 Å². The highest BCUT2D eigenvalue weighted by atomic mass is 19.1. The largest absolute Gasteiger partial charge is 0.478 e. The number of benzene rings is 2. The summed E-state index contributed by atoms with van der Waals surface area (Å²) in [6.07, 6.45) is 0. The van der Waals surface area contributed by atoms with E-state index in [2.05, 4.69) is 5.32 Å². The number of carboxylic acid groups (broad SMARTS) is 2. The second-order valence-electron chi connectivity index (χ2n) is 4.30. The third-order valence-corrected chi connectivity index (χ3v) is 2.86. The molecule has 0 spiro atoms. The SMILES string of the molecule is O=C(O)c1ccc(C(=O)O)c(NC(=O)c2ccccc2F)c1. The van der Waals surface area contributed by atoms with Gasteiger partial charge in [0, 0.05) is 0 Å². The Kier molecular flexibility index (Phi) is 4.17. The number of anilines is 1. The van der Waals surface area contributed by atoms with Crippen LogP contribution in [-0.2, 0) is 0 Å². The molecule has 6 nitrogen and oxygen atoms in total. The summed E-state index contributed by atoms with van der Waals surface area (Å²) in [5, 5.41) is 20.2. The van der Waals surface area contributed by atoms with Crippen LogP contribution in [0.3, 0.4) is 0 Å². The first kappa shape index (κ1) is 15.2. The number of halogens is 1. The molecule has 0 aliphatic carbocycles. The molecule has 0 aromatic heterocycles. The number of amides is 1. The van der Waals surface area contributed by atoms with Crippen LogP contribution in [0.5, 0.6) is 0 Å². The Morgan fingerprint density at radius 3 is 2.18 bits per heavy atom. The molecule has 0 saturated carbocycles. The molecule has 2 aromatic carbocycles. The maximum absolute atomic E-state index is 13.5. The van der Waals surface area contributed by atoms with Crippen molar-refractivity contribution in [2.75, 3.05) is 5.32 Å². The van der Waals surface area contributed by atoms with Crippen LogP contribution in [0.2, 0.25) is 0 Å². The maximum Gasteiger partial charge on any atom is 0.337 e. The average Bonchev–Trinajstić information content (AvgIpc) is 2.47. The van der Waals surface area contributed by atoms with Crippen molar-refractivity contribution in [2.45, 2.75) is 0 Å². The molecular weight excluding hydrogens is 293 g/mol. The minimum Gasteiger partial charge on any atom is -0.478 e. The van der Waals surface area contributed by atoms with E-state index in [4.69, 9.17) is 10.2 Å². The molecule has 0 radical (unpaired) electrons. The van der Waals surface area contributed by atoms with Gasteiger partial charge in [-0.15, -0.1) is 0 Å². The van der Waals surface area contributed by atoms with Crippen molar-refractivity contribution < 1.29 is 29.0 Å². The van der Waals surface area contributed by atoms with Gasteiger partial charge in [0.25, 0.3) is 5.91 Å². The number of hydrogen-bond donors (Lipinski definition) is 3. The molecule has 112 valence electrons. The predicted molar refractivity (Wildman–Crippen MR) is 74.7 cm³/mol. The normalized spacial score (nSPS) is 10.0. The summed E-state index contributed by atoms with van der Waals surface area (Å²) in [5.74, 6) is -4.27. The number of nitrogens with one attached hydrogen (secondary N) is 1. The van der Waals surface area contributed by atoms with E-state index in [1.165, 1.54) is 18.2 Å². The Balaban J connectivity index is 2.41. The highest BCUT2D eigenvalue weighted by Gasteiger charge is 2.17. The first-order valence-corrected chi connectivity index (χ1v) is 6.06. The van der Waals surface area contributed by atoms with Crippen molar-refractivity contribution in [1.82, 2.24) is 0 Å². The lowest BCUT2D eigenvalue weighted by molar-refractivity contribution is 0.0682. The van der Waals surface area contributed by atoms with Crippen LogP contribution in [0, 0.1) is 5.82 Å². The van der Waals surface area contributed by atoms with Gasteiger partial charge in [0.2, 0.25) is 0 Å². The second kappa shape index (κ2) is 6.04. The van der Waals surface area contributed by atoms with Gasteiger partial charge in [-0.1, -0.05) is 12.1 Å². The van der Waals surface area contributed by atoms with Gasteiger partial charge >= 0.3 is 11.9 Å². The summed E-state index contributed by atoms with van der Waals surface area (Å²) in [6, 6.07) is 8.33. The first-order valence-electron chi connectivity index (χ1n) is 6.06. The summed E-state index contributed by atoms with van der Waals surface area (Å²) in [4.78, 5) is 34.0. The van der Waals surface area contributed by atoms with Crippen LogP contribution in [0.25, 0.3) is 0 Å². The molecule has 0 aliphatic rings. The molecule has 22 heavy (non-hydrogen) atoms. The fraction of sp³-hybridized carbons (Fsp3) is 0. The molecule has 0 bridgehead atoms. The van der Waals surface area contributed by atoms with Crippen molar-refractivity contribution >= 4 is 23.5 Å². The van der Waals surface area contributed by atoms with Crippen molar-refractivity contribution in [1.29, 1.82) is 0 Å². The van der Waals surface area contributed by atoms with Crippen LogP contribution in [0.15, 0.2) is 42.5 Å². The Labute approximate surface area is 123 Å². The van der Waals surface area contributed by atoms with E-state index in [1.54, 1.807) is 0 Å². The lowest BCUT2D eigenvalue weighted by Crippen LogP contribution is -2.16. The lowest BCUT2D eigenvalue weighted by atomic mass is 10.1. The fourth-order valence-electron chi connectivity index (χ4n) is 1.80. The lowest BCUT2D eigenvalue weighted by Gasteiger charge is -2.10. The molecule has 0 aliphatic heterocycles. The smallest absolute Gasteiger partial charge is 0.337 e. The zero-order chi connectivity index (χ0) is 16.3. The van der Waals surface area contributed by atoms with Gasteiger partial charge in [-0.3, -0.25) is 4.79 Å². The molecule has 0 atom stereocenters. The van der Waals surface area contributed by atoms with Gasteiger partial charge in [-0.05, 0) is 30.3 Å². The molecule has 0 fully saturated rings. The van der Waals surface area contributed by atoms with E-state index in [-0.39, 0.29) is 22.4 Å². The Morgan fingerprint density at radius 1 is 0.909 bits per heavy atom. The summed E-state index contributed by atoms with van der Waals surface area (Å²) >= 11 is 0. The molecule has 1 amide bonds. The molecule has 0 saturated heterocycles. The third-order valence-electron chi connectivity index (χ3n) is 2.86. The van der Waals surface area contributed by atoms with E-state index < -0.39 is 23.7 Å². The Hall–Kier alpha value is -3.22. The van der Waals surface area contributed by atoms with E-state index in [9.17, 15) is 18.8 Å². The number of carbonyl (C=O) groups excluding carboxylic acids is 1. The third kappa shape index (κ3) is 3.09. The van der Waals surface area contributed by atoms with Crippen molar-refractivity contribution in [3.63, 3.8) is 0 Å². The number of carboxylic acids is 2. The molecule has 2 rings (SSSR count). The summed E-state index contributed by atoms with van der Waals surface area (Å²) < 4.78 is 13.5. The number of rotatable bonds is 4. The second-order valence-corrected chi connectivity index (χ2v) is 4.30. The van der Waals surface area contributed by atoms with Gasteiger partial charge in [0.15, 0.2) is 0 Å². The van der Waals surface area contributed by atoms with E-state index in [0.29, 0.717) is 0 Å². The quantitative estimate of drug-likeness (QED) is 0.805. The van der Waals surface area contributed by atoms with Gasteiger partial charge in [0.1, 0.15) is 5.82 Å². The molecule has 7 heteroatoms. The van der Waals surface area contributed by atoms with Crippen LogP contribution in [0.1, 0.15) is 31.1 Å². The maximum atomic E-state index is 13.5. The Morgan fingerprint density at radius 2 is 1.59 bits per heavy atom. The van der Waals surface area contributed by atoms with Gasteiger partial charge in [-0.2, -0.15) is 0 Å². The zero-order valence-electron chi connectivity index (χ0n) is 11.0. The predicted octanol–water partition coefficient (Wildman–Crippen LogP) is 2.47. The summed E-state index contributed by atoms with van der Waals surface area (Å²) in [5.41, 5.74) is -0.997. The molecule has 3 N–H and O–H groups in total. The van der Waals surface area contributed by atoms with Crippen LogP contribution < -0.4 is 5.32 Å². The van der Waals surface area contributed by atoms with Crippen molar-refractivity contribution in [3.8, 4) is 0 Å².